The van der Waals surface area contributed by atoms with Gasteiger partial charge in [-0.1, -0.05) is 12.1 Å². The molecule has 38 heavy (non-hydrogen) atoms. The van der Waals surface area contributed by atoms with E-state index in [1.54, 1.807) is 79.4 Å². The second kappa shape index (κ2) is 11.7. The van der Waals surface area contributed by atoms with E-state index in [0.29, 0.717) is 56.8 Å². The maximum absolute atomic E-state index is 13.5. The molecule has 2 aromatic carbocycles. The number of benzene rings is 2. The molecule has 2 aliphatic rings. The number of ether oxygens (including phenoxy) is 1. The van der Waals surface area contributed by atoms with Gasteiger partial charge in [0.05, 0.1) is 12.7 Å². The minimum absolute atomic E-state index is 0.0335. The molecule has 2 aromatic rings. The summed E-state index contributed by atoms with van der Waals surface area (Å²) in [6.45, 7) is 3.68. The van der Waals surface area contributed by atoms with E-state index in [1.807, 2.05) is 4.90 Å². The van der Waals surface area contributed by atoms with E-state index in [0.717, 1.165) is 5.56 Å². The summed E-state index contributed by atoms with van der Waals surface area (Å²) in [5, 5.41) is 9.34. The summed E-state index contributed by atoms with van der Waals surface area (Å²) in [6, 6.07) is 13.5. The molecule has 0 radical (unpaired) electrons. The van der Waals surface area contributed by atoms with Crippen LogP contribution >= 0.6 is 0 Å². The summed E-state index contributed by atoms with van der Waals surface area (Å²) in [5.74, 6) is -0.648. The van der Waals surface area contributed by atoms with E-state index in [9.17, 15) is 24.3 Å². The largest absolute Gasteiger partial charge is 0.497 e. The van der Waals surface area contributed by atoms with Gasteiger partial charge in [-0.2, -0.15) is 0 Å². The number of hydrogen-bond acceptors (Lipinski definition) is 5. The Kier molecular flexibility index (Phi) is 8.34. The molecule has 0 aromatic heterocycles. The molecule has 2 heterocycles. The third kappa shape index (κ3) is 5.82. The molecule has 9 heteroatoms. The van der Waals surface area contributed by atoms with E-state index in [1.165, 1.54) is 0 Å². The number of carboxylic acids is 1. The highest BCUT2D eigenvalue weighted by molar-refractivity contribution is 5.94. The van der Waals surface area contributed by atoms with Crippen LogP contribution in [0, 0.1) is 5.92 Å². The molecule has 0 bridgehead atoms. The van der Waals surface area contributed by atoms with Gasteiger partial charge in [0.25, 0.3) is 5.91 Å². The number of likely N-dealkylation sites (tertiary alicyclic amines) is 2. The lowest BCUT2D eigenvalue weighted by atomic mass is 9.83. The van der Waals surface area contributed by atoms with Crippen molar-refractivity contribution in [3.63, 3.8) is 0 Å². The average Bonchev–Trinajstić information content (AvgIpc) is 2.95. The van der Waals surface area contributed by atoms with Crippen LogP contribution in [0.3, 0.4) is 0 Å². The van der Waals surface area contributed by atoms with Crippen LogP contribution in [0.1, 0.15) is 58.4 Å². The van der Waals surface area contributed by atoms with Crippen molar-refractivity contribution in [2.45, 2.75) is 38.1 Å². The first-order chi connectivity index (χ1) is 18.2. The minimum atomic E-state index is -1.00. The Bertz CT molecular complexity index is 1170. The summed E-state index contributed by atoms with van der Waals surface area (Å²) < 4.78 is 5.21. The van der Waals surface area contributed by atoms with Crippen molar-refractivity contribution in [3.8, 4) is 5.75 Å². The highest BCUT2D eigenvalue weighted by atomic mass is 16.5. The van der Waals surface area contributed by atoms with Gasteiger partial charge < -0.3 is 24.5 Å². The third-order valence-electron chi connectivity index (χ3n) is 7.92. The van der Waals surface area contributed by atoms with Gasteiger partial charge in [-0.15, -0.1) is 0 Å². The quantitative estimate of drug-likeness (QED) is 0.626. The normalized spacial score (nSPS) is 20.1. The van der Waals surface area contributed by atoms with Crippen molar-refractivity contribution in [2.75, 3.05) is 40.3 Å². The number of methoxy groups -OCH3 is 1. The van der Waals surface area contributed by atoms with Crippen LogP contribution in [0.25, 0.3) is 0 Å². The molecule has 2 aliphatic heterocycles. The summed E-state index contributed by atoms with van der Waals surface area (Å²) in [7, 11) is 3.36. The molecule has 202 valence electrons. The number of carboxylic acid groups (broad SMARTS) is 1. The molecule has 2 fully saturated rings. The predicted molar refractivity (Wildman–Crippen MR) is 141 cm³/mol. The first kappa shape index (κ1) is 27.2. The molecular formula is C29H35N3O6. The topological polar surface area (TPSA) is 107 Å². The van der Waals surface area contributed by atoms with E-state index < -0.39 is 5.97 Å². The first-order valence-corrected chi connectivity index (χ1v) is 13.0. The highest BCUT2D eigenvalue weighted by Gasteiger charge is 2.39. The summed E-state index contributed by atoms with van der Waals surface area (Å²) in [5.41, 5.74) is 1.62. The molecule has 2 saturated heterocycles. The Balaban J connectivity index is 1.55. The number of carbonyl (C=O) groups excluding carboxylic acids is 3. The van der Waals surface area contributed by atoms with E-state index >= 15 is 0 Å². The van der Waals surface area contributed by atoms with Gasteiger partial charge in [-0.3, -0.25) is 14.4 Å². The zero-order chi connectivity index (χ0) is 27.4. The van der Waals surface area contributed by atoms with Crippen molar-refractivity contribution < 1.29 is 29.0 Å². The zero-order valence-electron chi connectivity index (χ0n) is 22.1. The summed E-state index contributed by atoms with van der Waals surface area (Å²) in [4.78, 5) is 55.4. The summed E-state index contributed by atoms with van der Waals surface area (Å²) in [6.07, 6.45) is 1.89. The minimum Gasteiger partial charge on any atom is -0.497 e. The zero-order valence-corrected chi connectivity index (χ0v) is 22.1. The van der Waals surface area contributed by atoms with Crippen LogP contribution in [0.4, 0.5) is 0 Å². The fraction of sp³-hybridized carbons (Fsp3) is 0.448. The molecular weight excluding hydrogens is 486 g/mol. The molecule has 2 atom stereocenters. The number of likely N-dealkylation sites (N-methyl/N-ethyl adjacent to an activating group) is 1. The van der Waals surface area contributed by atoms with Gasteiger partial charge in [0, 0.05) is 63.6 Å². The van der Waals surface area contributed by atoms with Gasteiger partial charge in [-0.05, 0) is 61.2 Å². The first-order valence-electron chi connectivity index (χ1n) is 13.0. The standard InChI is InChI=1S/C29H35N3O6/c1-19(33)31-15-12-22(13-16-31)28(35)32-17-14-26(25(18-32)20-4-6-23(7-5-20)29(36)37)30(2)27(34)21-8-10-24(38-3)11-9-21/h4-11,22,25-26H,12-18H2,1-3H3,(H,36,37)/t25-,26+/m0/s1. The van der Waals surface area contributed by atoms with Gasteiger partial charge in [0.2, 0.25) is 11.8 Å². The van der Waals surface area contributed by atoms with Crippen molar-refractivity contribution >= 4 is 23.7 Å². The fourth-order valence-corrected chi connectivity index (χ4v) is 5.59. The van der Waals surface area contributed by atoms with Crippen molar-refractivity contribution in [2.24, 2.45) is 5.92 Å². The number of rotatable bonds is 6. The Hall–Kier alpha value is -3.88. The van der Waals surface area contributed by atoms with Crippen LogP contribution in [0.15, 0.2) is 48.5 Å². The number of aromatic carboxylic acids is 1. The lowest BCUT2D eigenvalue weighted by Crippen LogP contribution is -2.53. The Morgan fingerprint density at radius 1 is 0.868 bits per heavy atom. The van der Waals surface area contributed by atoms with Gasteiger partial charge >= 0.3 is 5.97 Å². The fourth-order valence-electron chi connectivity index (χ4n) is 5.59. The second-order valence-electron chi connectivity index (χ2n) is 10.1. The van der Waals surface area contributed by atoms with Gasteiger partial charge in [0.15, 0.2) is 0 Å². The second-order valence-corrected chi connectivity index (χ2v) is 10.1. The maximum Gasteiger partial charge on any atom is 0.335 e. The molecule has 3 amide bonds. The molecule has 0 saturated carbocycles. The van der Waals surface area contributed by atoms with Crippen LogP contribution in [-0.2, 0) is 9.59 Å². The maximum atomic E-state index is 13.5. The van der Waals surface area contributed by atoms with Crippen molar-refractivity contribution in [1.29, 1.82) is 0 Å². The van der Waals surface area contributed by atoms with E-state index in [2.05, 4.69) is 0 Å². The van der Waals surface area contributed by atoms with E-state index in [4.69, 9.17) is 4.74 Å². The monoisotopic (exact) mass is 521 g/mol. The van der Waals surface area contributed by atoms with Crippen LogP contribution in [-0.4, -0.2) is 89.9 Å². The molecule has 0 spiro atoms. The molecule has 4 rings (SSSR count). The number of hydrogen-bond donors (Lipinski definition) is 1. The Morgan fingerprint density at radius 2 is 1.45 bits per heavy atom. The summed E-state index contributed by atoms with van der Waals surface area (Å²) >= 11 is 0. The highest BCUT2D eigenvalue weighted by Crippen LogP contribution is 2.33. The average molecular weight is 522 g/mol. The molecule has 0 aliphatic carbocycles. The van der Waals surface area contributed by atoms with Crippen LogP contribution in [0.5, 0.6) is 5.75 Å². The predicted octanol–water partition coefficient (Wildman–Crippen LogP) is 3.11. The molecule has 0 unspecified atom stereocenters. The molecule has 9 nitrogen and oxygen atoms in total. The SMILES string of the molecule is COc1ccc(C(=O)N(C)[C@@H]2CCN(C(=O)C3CCN(C(C)=O)CC3)C[C@H]2c2ccc(C(=O)O)cc2)cc1. The smallest absolute Gasteiger partial charge is 0.335 e. The number of amides is 3. The number of piperidine rings is 2. The van der Waals surface area contributed by atoms with Crippen molar-refractivity contribution in [1.82, 2.24) is 14.7 Å². The van der Waals surface area contributed by atoms with Gasteiger partial charge in [0.1, 0.15) is 5.75 Å². The third-order valence-corrected chi connectivity index (χ3v) is 7.92. The lowest BCUT2D eigenvalue weighted by molar-refractivity contribution is -0.141. The van der Waals surface area contributed by atoms with E-state index in [-0.39, 0.29) is 41.2 Å². The number of carbonyl (C=O) groups is 4. The van der Waals surface area contributed by atoms with Crippen LogP contribution < -0.4 is 4.74 Å². The van der Waals surface area contributed by atoms with Gasteiger partial charge in [-0.25, -0.2) is 4.79 Å². The van der Waals surface area contributed by atoms with Crippen LogP contribution in [0.2, 0.25) is 0 Å². The molecule has 1 N–H and O–H groups in total. The lowest BCUT2D eigenvalue weighted by Gasteiger charge is -2.44. The Labute approximate surface area is 223 Å². The Morgan fingerprint density at radius 3 is 2.00 bits per heavy atom. The van der Waals surface area contributed by atoms with Crippen molar-refractivity contribution in [3.05, 3.63) is 65.2 Å². The number of nitrogens with zero attached hydrogens (tertiary/aromatic N) is 3.